The van der Waals surface area contributed by atoms with Crippen LogP contribution in [-0.2, 0) is 14.3 Å². The van der Waals surface area contributed by atoms with E-state index >= 15 is 0 Å². The zero-order valence-corrected chi connectivity index (χ0v) is 5.44. The Morgan fingerprint density at radius 3 is 2.22 bits per heavy atom. The fraction of sp³-hybridized carbons (Fsp3) is 0.500. The van der Waals surface area contributed by atoms with Gasteiger partial charge in [0, 0.05) is 0 Å². The second-order valence-corrected chi connectivity index (χ2v) is 2.92. The van der Waals surface area contributed by atoms with Crippen molar-refractivity contribution in [2.45, 2.75) is 0 Å². The van der Waals surface area contributed by atoms with Gasteiger partial charge in [-0.1, -0.05) is 6.08 Å². The molecule has 0 aliphatic heterocycles. The van der Waals surface area contributed by atoms with E-state index < -0.39 is 10.1 Å². The van der Waals surface area contributed by atoms with Gasteiger partial charge in [-0.05, 0) is 0 Å². The Bertz CT molecular complexity index is 161. The zero-order valence-electron chi connectivity index (χ0n) is 4.62. The van der Waals surface area contributed by atoms with Gasteiger partial charge in [0.15, 0.2) is 0 Å². The van der Waals surface area contributed by atoms with Gasteiger partial charge in [0.1, 0.15) is 0 Å². The van der Waals surface area contributed by atoms with Crippen molar-refractivity contribution in [3.8, 4) is 0 Å². The molecule has 0 saturated heterocycles. The van der Waals surface area contributed by atoms with Crippen LogP contribution in [0.15, 0.2) is 12.7 Å². The molecule has 0 saturated carbocycles. The van der Waals surface area contributed by atoms with Crippen molar-refractivity contribution in [1.82, 2.24) is 0 Å². The van der Waals surface area contributed by atoms with Crippen molar-refractivity contribution in [1.29, 1.82) is 0 Å². The van der Waals surface area contributed by atoms with Gasteiger partial charge >= 0.3 is 37.7 Å². The molecule has 0 radical (unpaired) electrons. The number of rotatable bonds is 3. The van der Waals surface area contributed by atoms with Crippen molar-refractivity contribution in [2.24, 2.45) is 0 Å². The summed E-state index contributed by atoms with van der Waals surface area (Å²) in [6.45, 7) is 3.33. The Balaban J connectivity index is 0. The standard InChI is InChI=1S/C4H8O3S.Ca.2H/c1-3-4-7-8(2,5)6;;;/h3H,1,4H2,2H3;;;. The molecule has 0 aliphatic carbocycles. The summed E-state index contributed by atoms with van der Waals surface area (Å²) in [6.07, 6.45) is 2.37. The fourth-order valence-corrected chi connectivity index (χ4v) is 0.515. The predicted molar refractivity (Wildman–Crippen MR) is 39.5 cm³/mol. The maximum atomic E-state index is 10.1. The van der Waals surface area contributed by atoms with Gasteiger partial charge < -0.3 is 0 Å². The first-order chi connectivity index (χ1) is 3.56. The van der Waals surface area contributed by atoms with Crippen LogP contribution in [-0.4, -0.2) is 59.0 Å². The molecule has 5 heteroatoms. The Morgan fingerprint density at radius 1 is 1.67 bits per heavy atom. The van der Waals surface area contributed by atoms with Crippen LogP contribution in [0.3, 0.4) is 0 Å². The van der Waals surface area contributed by atoms with Crippen LogP contribution in [0.1, 0.15) is 0 Å². The molecule has 0 atom stereocenters. The van der Waals surface area contributed by atoms with Crippen LogP contribution in [0, 0.1) is 0 Å². The minimum absolute atomic E-state index is 0. The second-order valence-electron chi connectivity index (χ2n) is 1.28. The van der Waals surface area contributed by atoms with E-state index in [9.17, 15) is 8.42 Å². The summed E-state index contributed by atoms with van der Waals surface area (Å²) < 4.78 is 24.5. The van der Waals surface area contributed by atoms with E-state index in [1.165, 1.54) is 6.08 Å². The molecule has 52 valence electrons. The maximum absolute atomic E-state index is 10.1. The van der Waals surface area contributed by atoms with Gasteiger partial charge in [-0.25, -0.2) is 0 Å². The molecule has 0 aromatic heterocycles. The Kier molecular flexibility index (Phi) is 7.93. The summed E-state index contributed by atoms with van der Waals surface area (Å²) >= 11 is 0. The van der Waals surface area contributed by atoms with Crippen LogP contribution in [0.2, 0.25) is 0 Å². The van der Waals surface area contributed by atoms with Gasteiger partial charge in [-0.2, -0.15) is 8.42 Å². The van der Waals surface area contributed by atoms with Gasteiger partial charge in [-0.15, -0.1) is 6.58 Å². The molecule has 0 fully saturated rings. The van der Waals surface area contributed by atoms with E-state index in [0.717, 1.165) is 6.26 Å². The second kappa shape index (κ2) is 5.68. The van der Waals surface area contributed by atoms with Crippen molar-refractivity contribution in [3.63, 3.8) is 0 Å². The van der Waals surface area contributed by atoms with Gasteiger partial charge in [0.05, 0.1) is 12.9 Å². The molecule has 0 amide bonds. The third-order valence-electron chi connectivity index (χ3n) is 0.400. The van der Waals surface area contributed by atoms with Crippen molar-refractivity contribution >= 4 is 47.9 Å². The molecule has 3 nitrogen and oxygen atoms in total. The molecule has 9 heavy (non-hydrogen) atoms. The predicted octanol–water partition coefficient (Wildman–Crippen LogP) is -0.768. The molecule has 0 aliphatic rings. The third kappa shape index (κ3) is 12.2. The Morgan fingerprint density at radius 2 is 2.11 bits per heavy atom. The number of hydrogen-bond acceptors (Lipinski definition) is 3. The van der Waals surface area contributed by atoms with E-state index in [-0.39, 0.29) is 44.3 Å². The minimum atomic E-state index is -3.26. The molecule has 0 aromatic carbocycles. The summed E-state index contributed by atoms with van der Waals surface area (Å²) in [4.78, 5) is 0. The summed E-state index contributed by atoms with van der Waals surface area (Å²) in [5.74, 6) is 0. The van der Waals surface area contributed by atoms with Crippen molar-refractivity contribution in [3.05, 3.63) is 12.7 Å². The molecule has 0 N–H and O–H groups in total. The van der Waals surface area contributed by atoms with Gasteiger partial charge in [0.2, 0.25) is 0 Å². The van der Waals surface area contributed by atoms with E-state index in [4.69, 9.17) is 0 Å². The normalized spacial score (nSPS) is 9.89. The summed E-state index contributed by atoms with van der Waals surface area (Å²) in [5, 5.41) is 0. The third-order valence-corrected chi connectivity index (χ3v) is 0.964. The van der Waals surface area contributed by atoms with E-state index in [1.54, 1.807) is 0 Å². The molecule has 0 bridgehead atoms. The average molecular weight is 178 g/mol. The quantitative estimate of drug-likeness (QED) is 0.324. The topological polar surface area (TPSA) is 43.4 Å². The molecular formula is C4H10CaO3S. The molecule has 0 rings (SSSR count). The van der Waals surface area contributed by atoms with E-state index in [2.05, 4.69) is 10.8 Å². The van der Waals surface area contributed by atoms with Crippen LogP contribution in [0.4, 0.5) is 0 Å². The molecule has 0 aromatic rings. The Labute approximate surface area is 85.2 Å². The molecule has 0 unspecified atom stereocenters. The van der Waals surface area contributed by atoms with Crippen LogP contribution >= 0.6 is 0 Å². The average Bonchev–Trinajstić information content (AvgIpc) is 1.59. The molecule has 0 spiro atoms. The summed E-state index contributed by atoms with van der Waals surface area (Å²) in [5.41, 5.74) is 0. The van der Waals surface area contributed by atoms with Crippen molar-refractivity contribution < 1.29 is 12.6 Å². The van der Waals surface area contributed by atoms with Crippen LogP contribution < -0.4 is 0 Å². The van der Waals surface area contributed by atoms with E-state index in [1.807, 2.05) is 0 Å². The van der Waals surface area contributed by atoms with Crippen molar-refractivity contribution in [2.75, 3.05) is 12.9 Å². The Hall–Kier alpha value is 0.910. The first-order valence-electron chi connectivity index (χ1n) is 2.01. The fourth-order valence-electron chi connectivity index (χ4n) is 0.172. The van der Waals surface area contributed by atoms with Gasteiger partial charge in [0.25, 0.3) is 10.1 Å². The zero-order chi connectivity index (χ0) is 6.62. The van der Waals surface area contributed by atoms with Crippen LogP contribution in [0.5, 0.6) is 0 Å². The SMILES string of the molecule is C=CCOS(C)(=O)=O.[CaH2]. The van der Waals surface area contributed by atoms with E-state index in [0.29, 0.717) is 0 Å². The first-order valence-corrected chi connectivity index (χ1v) is 3.83. The first kappa shape index (κ1) is 12.6. The van der Waals surface area contributed by atoms with Gasteiger partial charge in [-0.3, -0.25) is 4.18 Å². The monoisotopic (exact) mass is 178 g/mol. The summed E-state index contributed by atoms with van der Waals surface area (Å²) in [7, 11) is -3.26. The molecular weight excluding hydrogens is 168 g/mol. The van der Waals surface area contributed by atoms with Crippen LogP contribution in [0.25, 0.3) is 0 Å². The summed E-state index contributed by atoms with van der Waals surface area (Å²) in [6, 6.07) is 0. The number of hydrogen-bond donors (Lipinski definition) is 0. The molecule has 0 heterocycles.